The Kier molecular flexibility index (Phi) is 3.98. The number of aromatic nitrogens is 1. The van der Waals surface area contributed by atoms with Gasteiger partial charge in [-0.2, -0.15) is 0 Å². The Bertz CT molecular complexity index is 330. The molecule has 2 atom stereocenters. The Labute approximate surface area is 102 Å². The third-order valence-electron chi connectivity index (χ3n) is 3.18. The quantitative estimate of drug-likeness (QED) is 0.817. The van der Waals surface area contributed by atoms with E-state index in [1.807, 2.05) is 11.3 Å². The lowest BCUT2D eigenvalue weighted by Gasteiger charge is -2.21. The smallest absolute Gasteiger partial charge is 0.110 e. The Morgan fingerprint density at radius 2 is 2.31 bits per heavy atom. The zero-order chi connectivity index (χ0) is 11.5. The van der Waals surface area contributed by atoms with E-state index < -0.39 is 0 Å². The molecule has 0 aliphatic heterocycles. The van der Waals surface area contributed by atoms with Gasteiger partial charge in [0, 0.05) is 17.1 Å². The number of aryl methyl sites for hydroxylation is 1. The van der Waals surface area contributed by atoms with Crippen LogP contribution in [0.15, 0.2) is 5.38 Å². The maximum Gasteiger partial charge on any atom is 0.110 e. The molecule has 1 saturated carbocycles. The van der Waals surface area contributed by atoms with Gasteiger partial charge in [-0.1, -0.05) is 13.3 Å². The van der Waals surface area contributed by atoms with Crippen LogP contribution in [0, 0.1) is 12.8 Å². The maximum atomic E-state index is 4.64. The summed E-state index contributed by atoms with van der Waals surface area (Å²) in [5.41, 5.74) is 1.16. The minimum absolute atomic E-state index is 0.514. The number of nitrogens with one attached hydrogen (secondary N) is 1. The molecule has 1 aliphatic rings. The lowest BCUT2D eigenvalue weighted by Crippen LogP contribution is -2.31. The number of nitrogens with zero attached hydrogens (tertiary/aromatic N) is 1. The number of rotatable bonds is 6. The highest BCUT2D eigenvalue weighted by molar-refractivity contribution is 7.09. The van der Waals surface area contributed by atoms with Crippen LogP contribution < -0.4 is 5.32 Å². The summed E-state index contributed by atoms with van der Waals surface area (Å²) in [6, 6.07) is 1.13. The summed E-state index contributed by atoms with van der Waals surface area (Å²) in [5.74, 6) is 0.838. The van der Waals surface area contributed by atoms with Crippen molar-refractivity contribution in [3.63, 3.8) is 0 Å². The van der Waals surface area contributed by atoms with Crippen LogP contribution in [0.2, 0.25) is 0 Å². The van der Waals surface area contributed by atoms with Crippen molar-refractivity contribution in [2.24, 2.45) is 5.92 Å². The predicted octanol–water partition coefficient (Wildman–Crippen LogP) is 3.68. The van der Waals surface area contributed by atoms with E-state index in [0.29, 0.717) is 12.1 Å². The third-order valence-corrected chi connectivity index (χ3v) is 4.23. The third kappa shape index (κ3) is 3.05. The van der Waals surface area contributed by atoms with Crippen LogP contribution in [0.25, 0.3) is 0 Å². The second-order valence-electron chi connectivity index (χ2n) is 5.00. The van der Waals surface area contributed by atoms with Crippen molar-refractivity contribution in [2.75, 3.05) is 0 Å². The molecule has 1 aromatic heterocycles. The van der Waals surface area contributed by atoms with Crippen molar-refractivity contribution < 1.29 is 0 Å². The van der Waals surface area contributed by atoms with Gasteiger partial charge in [0.15, 0.2) is 0 Å². The SMILES string of the molecule is CCCC(C)NC(c1nc(C)cs1)C1CC1. The number of hydrogen-bond donors (Lipinski definition) is 1. The van der Waals surface area contributed by atoms with Gasteiger partial charge in [0.2, 0.25) is 0 Å². The lowest BCUT2D eigenvalue weighted by molar-refractivity contribution is 0.400. The van der Waals surface area contributed by atoms with Gasteiger partial charge in [-0.05, 0) is 39.0 Å². The highest BCUT2D eigenvalue weighted by atomic mass is 32.1. The fourth-order valence-electron chi connectivity index (χ4n) is 2.18. The van der Waals surface area contributed by atoms with Gasteiger partial charge in [-0.3, -0.25) is 0 Å². The Morgan fingerprint density at radius 1 is 1.56 bits per heavy atom. The second-order valence-corrected chi connectivity index (χ2v) is 5.89. The van der Waals surface area contributed by atoms with E-state index in [4.69, 9.17) is 0 Å². The first-order valence-electron chi connectivity index (χ1n) is 6.38. The van der Waals surface area contributed by atoms with Crippen LogP contribution in [0.4, 0.5) is 0 Å². The second kappa shape index (κ2) is 5.28. The zero-order valence-corrected chi connectivity index (χ0v) is 11.3. The van der Waals surface area contributed by atoms with Crippen LogP contribution in [0.5, 0.6) is 0 Å². The molecular formula is C13H22N2S. The van der Waals surface area contributed by atoms with E-state index in [0.717, 1.165) is 11.6 Å². The zero-order valence-electron chi connectivity index (χ0n) is 10.5. The summed E-state index contributed by atoms with van der Waals surface area (Å²) in [6.45, 7) is 6.62. The van der Waals surface area contributed by atoms with Crippen LogP contribution in [0.1, 0.15) is 56.3 Å². The van der Waals surface area contributed by atoms with Crippen molar-refractivity contribution in [3.05, 3.63) is 16.1 Å². The molecule has 2 nitrogen and oxygen atoms in total. The molecule has 0 radical (unpaired) electrons. The summed E-state index contributed by atoms with van der Waals surface area (Å²) in [6.07, 6.45) is 5.25. The molecule has 3 heteroatoms. The highest BCUT2D eigenvalue weighted by Crippen LogP contribution is 2.42. The number of hydrogen-bond acceptors (Lipinski definition) is 3. The van der Waals surface area contributed by atoms with Gasteiger partial charge in [0.05, 0.1) is 6.04 Å². The van der Waals surface area contributed by atoms with Crippen LogP contribution >= 0.6 is 11.3 Å². The highest BCUT2D eigenvalue weighted by Gasteiger charge is 2.34. The summed E-state index contributed by atoms with van der Waals surface area (Å²) in [4.78, 5) is 4.64. The summed E-state index contributed by atoms with van der Waals surface area (Å²) < 4.78 is 0. The molecule has 0 aromatic carbocycles. The Morgan fingerprint density at radius 3 is 2.81 bits per heavy atom. The normalized spacial score (nSPS) is 19.7. The fraction of sp³-hybridized carbons (Fsp3) is 0.769. The molecule has 1 fully saturated rings. The van der Waals surface area contributed by atoms with E-state index >= 15 is 0 Å². The monoisotopic (exact) mass is 238 g/mol. The van der Waals surface area contributed by atoms with Gasteiger partial charge in [-0.15, -0.1) is 11.3 Å². The molecule has 90 valence electrons. The van der Waals surface area contributed by atoms with Crippen LogP contribution in [0.3, 0.4) is 0 Å². The fourth-order valence-corrected chi connectivity index (χ4v) is 3.12. The minimum Gasteiger partial charge on any atom is -0.305 e. The van der Waals surface area contributed by atoms with E-state index in [1.165, 1.54) is 30.7 Å². The summed E-state index contributed by atoms with van der Waals surface area (Å²) in [7, 11) is 0. The van der Waals surface area contributed by atoms with E-state index in [9.17, 15) is 0 Å². The van der Waals surface area contributed by atoms with Crippen molar-refractivity contribution in [1.82, 2.24) is 10.3 Å². The topological polar surface area (TPSA) is 24.9 Å². The van der Waals surface area contributed by atoms with Crippen molar-refractivity contribution in [1.29, 1.82) is 0 Å². The van der Waals surface area contributed by atoms with Crippen molar-refractivity contribution in [3.8, 4) is 0 Å². The maximum absolute atomic E-state index is 4.64. The Balaban J connectivity index is 2.00. The molecule has 0 saturated heterocycles. The van der Waals surface area contributed by atoms with Gasteiger partial charge >= 0.3 is 0 Å². The first-order valence-corrected chi connectivity index (χ1v) is 7.26. The van der Waals surface area contributed by atoms with Gasteiger partial charge < -0.3 is 5.32 Å². The van der Waals surface area contributed by atoms with Crippen LogP contribution in [-0.4, -0.2) is 11.0 Å². The van der Waals surface area contributed by atoms with E-state index in [1.54, 1.807) is 0 Å². The van der Waals surface area contributed by atoms with E-state index in [-0.39, 0.29) is 0 Å². The lowest BCUT2D eigenvalue weighted by atomic mass is 10.1. The molecule has 0 bridgehead atoms. The van der Waals surface area contributed by atoms with Crippen LogP contribution in [-0.2, 0) is 0 Å². The minimum atomic E-state index is 0.514. The first kappa shape index (κ1) is 12.1. The molecule has 1 aromatic rings. The average molecular weight is 238 g/mol. The molecule has 1 aliphatic carbocycles. The average Bonchev–Trinajstić information content (AvgIpc) is 2.98. The Hall–Kier alpha value is -0.410. The molecule has 0 amide bonds. The number of thiazole rings is 1. The summed E-state index contributed by atoms with van der Waals surface area (Å²) in [5, 5.41) is 7.22. The largest absolute Gasteiger partial charge is 0.305 e. The van der Waals surface area contributed by atoms with Gasteiger partial charge in [-0.25, -0.2) is 4.98 Å². The van der Waals surface area contributed by atoms with Crippen molar-refractivity contribution >= 4 is 11.3 Å². The van der Waals surface area contributed by atoms with Gasteiger partial charge in [0.25, 0.3) is 0 Å². The molecule has 1 heterocycles. The summed E-state index contributed by atoms with van der Waals surface area (Å²) >= 11 is 1.81. The molecule has 2 rings (SSSR count). The molecule has 0 spiro atoms. The molecule has 2 unspecified atom stereocenters. The van der Waals surface area contributed by atoms with Gasteiger partial charge in [0.1, 0.15) is 5.01 Å². The standard InChI is InChI=1S/C13H22N2S/c1-4-5-9(2)14-12(11-6-7-11)13-15-10(3)8-16-13/h8-9,11-12,14H,4-7H2,1-3H3. The molecule has 1 N–H and O–H groups in total. The molecular weight excluding hydrogens is 216 g/mol. The first-order chi connectivity index (χ1) is 7.70. The van der Waals surface area contributed by atoms with Crippen molar-refractivity contribution in [2.45, 2.75) is 58.5 Å². The van der Waals surface area contributed by atoms with E-state index in [2.05, 4.69) is 36.5 Å². The predicted molar refractivity (Wildman–Crippen MR) is 69.8 cm³/mol. The molecule has 16 heavy (non-hydrogen) atoms.